The van der Waals surface area contributed by atoms with Crippen molar-refractivity contribution in [2.75, 3.05) is 4.90 Å². The van der Waals surface area contributed by atoms with Gasteiger partial charge in [0.15, 0.2) is 6.04 Å². The van der Waals surface area contributed by atoms with Crippen LogP contribution in [0.1, 0.15) is 18.7 Å². The van der Waals surface area contributed by atoms with Gasteiger partial charge in [0.2, 0.25) is 5.91 Å². The molecule has 2 heterocycles. The van der Waals surface area contributed by atoms with E-state index in [1.807, 2.05) is 36.4 Å². The van der Waals surface area contributed by atoms with Crippen LogP contribution in [-0.4, -0.2) is 10.9 Å². The molecule has 1 aliphatic rings. The minimum Gasteiger partial charge on any atom is -0.290 e. The van der Waals surface area contributed by atoms with Crippen LogP contribution in [0.2, 0.25) is 0 Å². The number of carbonyl (C=O) groups is 1. The standard InChI is InChI=1S/C15H11N3O/c1-10(19)18-13-7-3-2-5-11(13)12-6-4-8-17-15(12)14(18)9-16/h2-8,14H,1H3. The maximum Gasteiger partial charge on any atom is 0.225 e. The lowest BCUT2D eigenvalue weighted by Gasteiger charge is -2.33. The first-order valence-electron chi connectivity index (χ1n) is 5.97. The summed E-state index contributed by atoms with van der Waals surface area (Å²) in [6.45, 7) is 1.47. The Bertz CT molecular complexity index is 703. The van der Waals surface area contributed by atoms with Crippen molar-refractivity contribution in [3.63, 3.8) is 0 Å². The summed E-state index contributed by atoms with van der Waals surface area (Å²) in [4.78, 5) is 17.7. The van der Waals surface area contributed by atoms with E-state index in [0.29, 0.717) is 5.69 Å². The molecule has 4 heteroatoms. The highest BCUT2D eigenvalue weighted by Gasteiger charge is 2.34. The average molecular weight is 249 g/mol. The van der Waals surface area contributed by atoms with Gasteiger partial charge in [-0.05, 0) is 12.1 Å². The maximum absolute atomic E-state index is 11.9. The number of fused-ring (bicyclic) bond motifs is 3. The van der Waals surface area contributed by atoms with Gasteiger partial charge in [-0.15, -0.1) is 0 Å². The van der Waals surface area contributed by atoms with Gasteiger partial charge in [0.25, 0.3) is 0 Å². The van der Waals surface area contributed by atoms with Crippen LogP contribution in [0, 0.1) is 11.3 Å². The molecule has 4 nitrogen and oxygen atoms in total. The smallest absolute Gasteiger partial charge is 0.225 e. The molecule has 1 atom stereocenters. The molecular weight excluding hydrogens is 238 g/mol. The van der Waals surface area contributed by atoms with E-state index in [2.05, 4.69) is 11.1 Å². The molecule has 19 heavy (non-hydrogen) atoms. The molecule has 0 saturated carbocycles. The second-order valence-corrected chi connectivity index (χ2v) is 4.37. The minimum absolute atomic E-state index is 0.157. The van der Waals surface area contributed by atoms with Crippen LogP contribution in [0.3, 0.4) is 0 Å². The van der Waals surface area contributed by atoms with Crippen LogP contribution in [0.15, 0.2) is 42.6 Å². The molecule has 1 unspecified atom stereocenters. The number of pyridine rings is 1. The van der Waals surface area contributed by atoms with Crippen molar-refractivity contribution in [1.29, 1.82) is 5.26 Å². The molecule has 0 spiro atoms. The van der Waals surface area contributed by atoms with E-state index in [9.17, 15) is 10.1 Å². The van der Waals surface area contributed by atoms with Gasteiger partial charge in [-0.25, -0.2) is 0 Å². The lowest BCUT2D eigenvalue weighted by Crippen LogP contribution is -2.35. The summed E-state index contributed by atoms with van der Waals surface area (Å²) in [5.41, 5.74) is 3.26. The second-order valence-electron chi connectivity index (χ2n) is 4.37. The Morgan fingerprint density at radius 2 is 2.00 bits per heavy atom. The van der Waals surface area contributed by atoms with Crippen molar-refractivity contribution in [3.05, 3.63) is 48.3 Å². The van der Waals surface area contributed by atoms with Gasteiger partial charge in [-0.3, -0.25) is 14.7 Å². The summed E-state index contributed by atoms with van der Waals surface area (Å²) < 4.78 is 0. The SMILES string of the molecule is CC(=O)N1c2ccccc2-c2cccnc2C1C#N. The number of hydrogen-bond donors (Lipinski definition) is 0. The first-order valence-corrected chi connectivity index (χ1v) is 5.97. The van der Waals surface area contributed by atoms with Crippen LogP contribution < -0.4 is 4.90 Å². The highest BCUT2D eigenvalue weighted by Crippen LogP contribution is 2.43. The van der Waals surface area contributed by atoms with E-state index in [0.717, 1.165) is 16.8 Å². The van der Waals surface area contributed by atoms with Crippen molar-refractivity contribution in [3.8, 4) is 17.2 Å². The zero-order chi connectivity index (χ0) is 13.4. The Labute approximate surface area is 110 Å². The monoisotopic (exact) mass is 249 g/mol. The van der Waals surface area contributed by atoms with E-state index >= 15 is 0 Å². The predicted octanol–water partition coefficient (Wildman–Crippen LogP) is 2.68. The normalized spacial score (nSPS) is 16.2. The summed E-state index contributed by atoms with van der Waals surface area (Å²) in [7, 11) is 0. The largest absolute Gasteiger partial charge is 0.290 e. The fraction of sp³-hybridized carbons (Fsp3) is 0.133. The third-order valence-corrected chi connectivity index (χ3v) is 3.27. The number of para-hydroxylation sites is 1. The number of nitrogens with zero attached hydrogens (tertiary/aromatic N) is 3. The van der Waals surface area contributed by atoms with Gasteiger partial charge in [-0.2, -0.15) is 5.26 Å². The van der Waals surface area contributed by atoms with Crippen LogP contribution in [-0.2, 0) is 4.79 Å². The van der Waals surface area contributed by atoms with E-state index in [4.69, 9.17) is 0 Å². The molecule has 1 amide bonds. The van der Waals surface area contributed by atoms with Gasteiger partial charge in [-0.1, -0.05) is 24.3 Å². The Kier molecular flexibility index (Phi) is 2.53. The van der Waals surface area contributed by atoms with Crippen LogP contribution in [0.4, 0.5) is 5.69 Å². The Morgan fingerprint density at radius 3 is 2.74 bits per heavy atom. The number of aromatic nitrogens is 1. The molecule has 0 saturated heterocycles. The molecule has 0 fully saturated rings. The number of rotatable bonds is 0. The number of amides is 1. The molecule has 2 aromatic rings. The Morgan fingerprint density at radius 1 is 1.26 bits per heavy atom. The fourth-order valence-electron chi connectivity index (χ4n) is 2.51. The third-order valence-electron chi connectivity index (χ3n) is 3.27. The summed E-state index contributed by atoms with van der Waals surface area (Å²) in [5.74, 6) is -0.157. The lowest BCUT2D eigenvalue weighted by atomic mass is 9.92. The van der Waals surface area contributed by atoms with Crippen LogP contribution >= 0.6 is 0 Å². The third kappa shape index (κ3) is 1.59. The molecule has 92 valence electrons. The molecule has 0 N–H and O–H groups in total. The minimum atomic E-state index is -0.663. The average Bonchev–Trinajstić information content (AvgIpc) is 2.45. The van der Waals surface area contributed by atoms with Crippen molar-refractivity contribution in [2.45, 2.75) is 13.0 Å². The summed E-state index contributed by atoms with van der Waals surface area (Å²) in [5, 5.41) is 9.40. The Balaban J connectivity index is 2.35. The molecule has 0 radical (unpaired) electrons. The highest BCUT2D eigenvalue weighted by atomic mass is 16.2. The fourth-order valence-corrected chi connectivity index (χ4v) is 2.51. The second kappa shape index (κ2) is 4.21. The topological polar surface area (TPSA) is 57.0 Å². The first kappa shape index (κ1) is 11.4. The number of benzene rings is 1. The molecule has 1 aliphatic heterocycles. The lowest BCUT2D eigenvalue weighted by molar-refractivity contribution is -0.116. The van der Waals surface area contributed by atoms with Gasteiger partial charge in [0.1, 0.15) is 0 Å². The number of carbonyl (C=O) groups excluding carboxylic acids is 1. The molecule has 0 aliphatic carbocycles. The molecule has 3 rings (SSSR count). The van der Waals surface area contributed by atoms with Gasteiger partial charge < -0.3 is 0 Å². The van der Waals surface area contributed by atoms with E-state index in [1.165, 1.54) is 11.8 Å². The van der Waals surface area contributed by atoms with Crippen molar-refractivity contribution in [2.24, 2.45) is 0 Å². The Hall–Kier alpha value is -2.67. The predicted molar refractivity (Wildman–Crippen MR) is 71.2 cm³/mol. The molecule has 1 aromatic heterocycles. The van der Waals surface area contributed by atoms with E-state index < -0.39 is 6.04 Å². The first-order chi connectivity index (χ1) is 9.24. The quantitative estimate of drug-likeness (QED) is 0.721. The van der Waals surface area contributed by atoms with Gasteiger partial charge >= 0.3 is 0 Å². The summed E-state index contributed by atoms with van der Waals surface area (Å²) in [6, 6.07) is 12.9. The highest BCUT2D eigenvalue weighted by molar-refractivity contribution is 6.00. The van der Waals surface area contributed by atoms with Gasteiger partial charge in [0, 0.05) is 24.2 Å². The van der Waals surface area contributed by atoms with Crippen molar-refractivity contribution in [1.82, 2.24) is 4.98 Å². The van der Waals surface area contributed by atoms with Crippen molar-refractivity contribution >= 4 is 11.6 Å². The van der Waals surface area contributed by atoms with E-state index in [-0.39, 0.29) is 5.91 Å². The maximum atomic E-state index is 11.9. The zero-order valence-electron chi connectivity index (χ0n) is 10.4. The van der Waals surface area contributed by atoms with Crippen LogP contribution in [0.25, 0.3) is 11.1 Å². The molecule has 0 bridgehead atoms. The number of anilines is 1. The molecular formula is C15H11N3O. The number of nitriles is 1. The van der Waals surface area contributed by atoms with Crippen LogP contribution in [0.5, 0.6) is 0 Å². The van der Waals surface area contributed by atoms with Gasteiger partial charge in [0.05, 0.1) is 17.5 Å². The number of hydrogen-bond acceptors (Lipinski definition) is 3. The van der Waals surface area contributed by atoms with E-state index in [1.54, 1.807) is 6.20 Å². The summed E-state index contributed by atoms with van der Waals surface area (Å²) >= 11 is 0. The summed E-state index contributed by atoms with van der Waals surface area (Å²) in [6.07, 6.45) is 1.65. The van der Waals surface area contributed by atoms with Crippen molar-refractivity contribution < 1.29 is 4.79 Å². The zero-order valence-corrected chi connectivity index (χ0v) is 10.4. The molecule has 1 aromatic carbocycles.